The number of hydrogen-bond acceptors (Lipinski definition) is 4. The average Bonchev–Trinajstić information content (AvgIpc) is 3.04. The van der Waals surface area contributed by atoms with E-state index in [1.165, 1.54) is 5.56 Å². The molecule has 0 aliphatic carbocycles. The molecule has 23 heavy (non-hydrogen) atoms. The van der Waals surface area contributed by atoms with Crippen molar-refractivity contribution < 1.29 is 12.6 Å². The smallest absolute Gasteiger partial charge is 0.310 e. The van der Waals surface area contributed by atoms with Gasteiger partial charge in [0.25, 0.3) is 0 Å². The van der Waals surface area contributed by atoms with Crippen molar-refractivity contribution in [1.82, 2.24) is 4.90 Å². The van der Waals surface area contributed by atoms with Crippen molar-refractivity contribution in [1.29, 1.82) is 0 Å². The van der Waals surface area contributed by atoms with E-state index in [2.05, 4.69) is 29.2 Å². The fourth-order valence-electron chi connectivity index (χ4n) is 2.94. The molecule has 2 aromatic carbocycles. The number of benzene rings is 2. The Morgan fingerprint density at radius 1 is 1.00 bits per heavy atom. The van der Waals surface area contributed by atoms with Gasteiger partial charge in [0.05, 0.1) is 5.75 Å². The highest BCUT2D eigenvalue weighted by atomic mass is 32.2. The monoisotopic (exact) mass is 331 g/mol. The summed E-state index contributed by atoms with van der Waals surface area (Å²) in [6.45, 7) is 2.35. The van der Waals surface area contributed by atoms with Gasteiger partial charge in [0.1, 0.15) is 5.75 Å². The van der Waals surface area contributed by atoms with Crippen LogP contribution in [0.1, 0.15) is 17.9 Å². The molecule has 4 nitrogen and oxygen atoms in total. The first-order chi connectivity index (χ1) is 11.1. The third-order valence-corrected chi connectivity index (χ3v) is 5.30. The molecule has 1 aliphatic rings. The lowest BCUT2D eigenvalue weighted by Crippen LogP contribution is -2.29. The first kappa shape index (κ1) is 16.0. The van der Waals surface area contributed by atoms with Gasteiger partial charge >= 0.3 is 10.1 Å². The lowest BCUT2D eigenvalue weighted by Gasteiger charge is -2.16. The van der Waals surface area contributed by atoms with Gasteiger partial charge in [-0.2, -0.15) is 8.42 Å². The van der Waals surface area contributed by atoms with Crippen molar-refractivity contribution in [3.8, 4) is 5.75 Å². The Morgan fingerprint density at radius 3 is 2.35 bits per heavy atom. The summed E-state index contributed by atoms with van der Waals surface area (Å²) < 4.78 is 29.2. The van der Waals surface area contributed by atoms with Gasteiger partial charge in [0.2, 0.25) is 0 Å². The van der Waals surface area contributed by atoms with E-state index >= 15 is 0 Å². The summed E-state index contributed by atoms with van der Waals surface area (Å²) in [5.74, 6) is 0.883. The summed E-state index contributed by atoms with van der Waals surface area (Å²) >= 11 is 0. The summed E-state index contributed by atoms with van der Waals surface area (Å²) in [6.07, 6.45) is 1.07. The third kappa shape index (κ3) is 4.56. The SMILES string of the molecule is O=S(=O)(CCN1CC[C@@H](c2ccccc2)C1)Oc1ccccc1. The Balaban J connectivity index is 1.51. The molecule has 0 radical (unpaired) electrons. The van der Waals surface area contributed by atoms with Crippen LogP contribution in [-0.2, 0) is 10.1 Å². The zero-order valence-corrected chi connectivity index (χ0v) is 13.8. The fraction of sp³-hybridized carbons (Fsp3) is 0.333. The zero-order chi connectivity index (χ0) is 16.1. The van der Waals surface area contributed by atoms with Crippen molar-refractivity contribution in [3.63, 3.8) is 0 Å². The predicted octanol–water partition coefficient (Wildman–Crippen LogP) is 2.88. The van der Waals surface area contributed by atoms with Crippen molar-refractivity contribution in [2.45, 2.75) is 12.3 Å². The molecule has 2 aromatic rings. The maximum Gasteiger partial charge on any atom is 0.310 e. The summed E-state index contributed by atoms with van der Waals surface area (Å²) in [4.78, 5) is 2.20. The Morgan fingerprint density at radius 2 is 1.65 bits per heavy atom. The summed E-state index contributed by atoms with van der Waals surface area (Å²) in [5.41, 5.74) is 1.33. The summed E-state index contributed by atoms with van der Waals surface area (Å²) in [5, 5.41) is 0. The van der Waals surface area contributed by atoms with Crippen LogP contribution in [0.5, 0.6) is 5.75 Å². The normalized spacial score (nSPS) is 18.9. The van der Waals surface area contributed by atoms with Crippen molar-refractivity contribution in [2.24, 2.45) is 0 Å². The standard InChI is InChI=1S/C18H21NO3S/c20-23(21,22-18-9-5-2-6-10-18)14-13-19-12-11-17(15-19)16-7-3-1-4-8-16/h1-10,17H,11-15H2/t17-/m1/s1. The second-order valence-electron chi connectivity index (χ2n) is 5.86. The lowest BCUT2D eigenvalue weighted by molar-refractivity contribution is 0.350. The van der Waals surface area contributed by atoms with Gasteiger partial charge in [-0.3, -0.25) is 0 Å². The number of rotatable bonds is 6. The molecule has 0 amide bonds. The van der Waals surface area contributed by atoms with Gasteiger partial charge in [-0.25, -0.2) is 0 Å². The Bertz CT molecular complexity index is 716. The fourth-order valence-corrected chi connectivity index (χ4v) is 3.91. The molecule has 1 heterocycles. The first-order valence-electron chi connectivity index (χ1n) is 7.87. The molecule has 1 atom stereocenters. The minimum Gasteiger partial charge on any atom is -0.382 e. The molecule has 0 bridgehead atoms. The van der Waals surface area contributed by atoms with Gasteiger partial charge in [0.15, 0.2) is 0 Å². The lowest BCUT2D eigenvalue weighted by atomic mass is 9.99. The van der Waals surface area contributed by atoms with E-state index in [1.807, 2.05) is 12.1 Å². The average molecular weight is 331 g/mol. The highest BCUT2D eigenvalue weighted by Gasteiger charge is 2.25. The van der Waals surface area contributed by atoms with Crippen LogP contribution in [0, 0.1) is 0 Å². The minimum atomic E-state index is -3.55. The molecule has 5 heteroatoms. The molecule has 1 aliphatic heterocycles. The zero-order valence-electron chi connectivity index (χ0n) is 13.0. The van der Waals surface area contributed by atoms with Gasteiger partial charge in [0, 0.05) is 13.1 Å². The molecule has 0 saturated carbocycles. The van der Waals surface area contributed by atoms with Gasteiger partial charge in [-0.15, -0.1) is 0 Å². The first-order valence-corrected chi connectivity index (χ1v) is 9.45. The highest BCUT2D eigenvalue weighted by Crippen LogP contribution is 2.26. The van der Waals surface area contributed by atoms with E-state index in [0.29, 0.717) is 18.2 Å². The van der Waals surface area contributed by atoms with Crippen LogP contribution < -0.4 is 4.18 Å². The molecule has 0 unspecified atom stereocenters. The Labute approximate surface area is 137 Å². The van der Waals surface area contributed by atoms with Crippen LogP contribution in [0.15, 0.2) is 60.7 Å². The van der Waals surface area contributed by atoms with Crippen molar-refractivity contribution in [3.05, 3.63) is 66.2 Å². The van der Waals surface area contributed by atoms with Crippen LogP contribution in [0.25, 0.3) is 0 Å². The molecule has 0 N–H and O–H groups in total. The quantitative estimate of drug-likeness (QED) is 0.764. The second-order valence-corrected chi connectivity index (χ2v) is 7.55. The van der Waals surface area contributed by atoms with E-state index in [9.17, 15) is 8.42 Å². The van der Waals surface area contributed by atoms with E-state index in [4.69, 9.17) is 4.18 Å². The highest BCUT2D eigenvalue weighted by molar-refractivity contribution is 7.87. The number of para-hydroxylation sites is 1. The maximum absolute atomic E-state index is 12.1. The molecule has 0 aromatic heterocycles. The van der Waals surface area contributed by atoms with E-state index in [1.54, 1.807) is 24.3 Å². The van der Waals surface area contributed by atoms with E-state index in [-0.39, 0.29) is 5.75 Å². The number of nitrogens with zero attached hydrogens (tertiary/aromatic N) is 1. The van der Waals surface area contributed by atoms with Crippen LogP contribution in [-0.4, -0.2) is 38.7 Å². The summed E-state index contributed by atoms with van der Waals surface area (Å²) in [7, 11) is -3.55. The molecule has 1 saturated heterocycles. The third-order valence-electron chi connectivity index (χ3n) is 4.17. The van der Waals surface area contributed by atoms with Crippen molar-refractivity contribution >= 4 is 10.1 Å². The molecule has 0 spiro atoms. The van der Waals surface area contributed by atoms with Crippen LogP contribution >= 0.6 is 0 Å². The van der Waals surface area contributed by atoms with Crippen LogP contribution in [0.3, 0.4) is 0 Å². The second kappa shape index (κ2) is 7.15. The number of likely N-dealkylation sites (tertiary alicyclic amines) is 1. The van der Waals surface area contributed by atoms with Crippen molar-refractivity contribution in [2.75, 3.05) is 25.4 Å². The van der Waals surface area contributed by atoms with Crippen LogP contribution in [0.2, 0.25) is 0 Å². The minimum absolute atomic E-state index is 0.0173. The maximum atomic E-state index is 12.1. The van der Waals surface area contributed by atoms with E-state index in [0.717, 1.165) is 19.5 Å². The Hall–Kier alpha value is -1.85. The van der Waals surface area contributed by atoms with Crippen LogP contribution in [0.4, 0.5) is 0 Å². The van der Waals surface area contributed by atoms with E-state index < -0.39 is 10.1 Å². The van der Waals surface area contributed by atoms with Gasteiger partial charge < -0.3 is 9.08 Å². The molecular formula is C18H21NO3S. The van der Waals surface area contributed by atoms with Gasteiger partial charge in [-0.1, -0.05) is 48.5 Å². The largest absolute Gasteiger partial charge is 0.382 e. The predicted molar refractivity (Wildman–Crippen MR) is 91.1 cm³/mol. The molecular weight excluding hydrogens is 310 g/mol. The molecule has 3 rings (SSSR count). The molecule has 1 fully saturated rings. The topological polar surface area (TPSA) is 46.6 Å². The Kier molecular flexibility index (Phi) is 4.98. The summed E-state index contributed by atoms with van der Waals surface area (Å²) in [6, 6.07) is 19.1. The molecule has 122 valence electrons. The number of hydrogen-bond donors (Lipinski definition) is 0. The van der Waals surface area contributed by atoms with Gasteiger partial charge in [-0.05, 0) is 36.6 Å².